The predicted octanol–water partition coefficient (Wildman–Crippen LogP) is 0.943. The number of hydrogen-bond acceptors (Lipinski definition) is 3. The Morgan fingerprint density at radius 2 is 2.37 bits per heavy atom. The molecule has 0 spiro atoms. The summed E-state index contributed by atoms with van der Waals surface area (Å²) in [6.45, 7) is 7.15. The largest absolute Gasteiger partial charge is 0.355 e. The summed E-state index contributed by atoms with van der Waals surface area (Å²) in [5.74, 6) is 2.33. The number of carbonyl (C=O) groups excluding carboxylic acids is 1. The molecule has 0 radical (unpaired) electrons. The van der Waals surface area contributed by atoms with Gasteiger partial charge in [0.1, 0.15) is 5.82 Å². The molecule has 106 valence electrons. The van der Waals surface area contributed by atoms with E-state index in [0.29, 0.717) is 19.0 Å². The molecule has 0 bridgehead atoms. The van der Waals surface area contributed by atoms with Crippen molar-refractivity contribution in [3.05, 3.63) is 18.2 Å². The second-order valence-electron chi connectivity index (χ2n) is 5.61. The second kappa shape index (κ2) is 6.70. The van der Waals surface area contributed by atoms with Crippen molar-refractivity contribution in [2.24, 2.45) is 11.8 Å². The van der Waals surface area contributed by atoms with Crippen LogP contribution in [0.1, 0.15) is 25.6 Å². The summed E-state index contributed by atoms with van der Waals surface area (Å²) < 4.78 is 2.11. The lowest BCUT2D eigenvalue weighted by atomic mass is 10.2. The van der Waals surface area contributed by atoms with Crippen molar-refractivity contribution >= 4 is 5.91 Å². The van der Waals surface area contributed by atoms with Crippen molar-refractivity contribution in [1.82, 2.24) is 20.2 Å². The molecule has 0 aliphatic heterocycles. The van der Waals surface area contributed by atoms with E-state index >= 15 is 0 Å². The number of aryl methyl sites for hydroxylation is 1. The summed E-state index contributed by atoms with van der Waals surface area (Å²) >= 11 is 0. The van der Waals surface area contributed by atoms with Crippen LogP contribution in [0, 0.1) is 18.8 Å². The molecule has 2 rings (SSSR count). The molecule has 1 aromatic rings. The maximum Gasteiger partial charge on any atom is 0.233 e. The molecule has 1 aliphatic rings. The van der Waals surface area contributed by atoms with Crippen molar-refractivity contribution < 1.29 is 4.79 Å². The summed E-state index contributed by atoms with van der Waals surface area (Å²) in [4.78, 5) is 15.8. The zero-order chi connectivity index (χ0) is 13.7. The third kappa shape index (κ3) is 5.03. The van der Waals surface area contributed by atoms with Gasteiger partial charge in [0, 0.05) is 25.5 Å². The maximum absolute atomic E-state index is 11.6. The van der Waals surface area contributed by atoms with Crippen LogP contribution < -0.4 is 10.6 Å². The Bertz CT molecular complexity index is 411. The van der Waals surface area contributed by atoms with E-state index in [0.717, 1.165) is 24.8 Å². The fourth-order valence-electron chi connectivity index (χ4n) is 2.06. The van der Waals surface area contributed by atoms with E-state index in [1.54, 1.807) is 0 Å². The Labute approximate surface area is 114 Å². The van der Waals surface area contributed by atoms with Gasteiger partial charge in [-0.3, -0.25) is 4.79 Å². The highest BCUT2D eigenvalue weighted by atomic mass is 16.1. The van der Waals surface area contributed by atoms with Gasteiger partial charge in [-0.2, -0.15) is 0 Å². The summed E-state index contributed by atoms with van der Waals surface area (Å²) in [5, 5.41) is 6.17. The Morgan fingerprint density at radius 1 is 1.58 bits per heavy atom. The van der Waals surface area contributed by atoms with Crippen molar-refractivity contribution in [2.45, 2.75) is 33.2 Å². The van der Waals surface area contributed by atoms with E-state index in [4.69, 9.17) is 0 Å². The molecule has 1 amide bonds. The number of imidazole rings is 1. The van der Waals surface area contributed by atoms with Gasteiger partial charge in [0.05, 0.1) is 6.54 Å². The Morgan fingerprint density at radius 3 is 3.00 bits per heavy atom. The highest BCUT2D eigenvalue weighted by Crippen LogP contribution is 2.27. The van der Waals surface area contributed by atoms with Gasteiger partial charge >= 0.3 is 0 Å². The molecular weight excluding hydrogens is 240 g/mol. The zero-order valence-electron chi connectivity index (χ0n) is 11.9. The van der Waals surface area contributed by atoms with E-state index < -0.39 is 0 Å². The fourth-order valence-corrected chi connectivity index (χ4v) is 2.06. The average molecular weight is 264 g/mol. The number of carbonyl (C=O) groups is 1. The van der Waals surface area contributed by atoms with E-state index in [9.17, 15) is 4.79 Å². The predicted molar refractivity (Wildman–Crippen MR) is 74.7 cm³/mol. The van der Waals surface area contributed by atoms with Gasteiger partial charge in [0.2, 0.25) is 5.91 Å². The van der Waals surface area contributed by atoms with Crippen LogP contribution in [0.3, 0.4) is 0 Å². The first-order chi connectivity index (χ1) is 9.15. The molecule has 1 unspecified atom stereocenters. The van der Waals surface area contributed by atoms with E-state index in [1.165, 1.54) is 12.8 Å². The van der Waals surface area contributed by atoms with Gasteiger partial charge in [0.25, 0.3) is 0 Å². The molecule has 19 heavy (non-hydrogen) atoms. The molecule has 2 N–H and O–H groups in total. The SMILES string of the molecule is Cc1nccn1CC(C)CNC(=O)CNCC1CC1. The molecule has 1 aliphatic carbocycles. The Hall–Kier alpha value is -1.36. The first-order valence-electron chi connectivity index (χ1n) is 7.10. The van der Waals surface area contributed by atoms with E-state index in [1.807, 2.05) is 19.3 Å². The quantitative estimate of drug-likeness (QED) is 0.735. The van der Waals surface area contributed by atoms with Crippen LogP contribution in [0.4, 0.5) is 0 Å². The van der Waals surface area contributed by atoms with Gasteiger partial charge in [-0.05, 0) is 38.1 Å². The van der Waals surface area contributed by atoms with E-state index in [2.05, 4.69) is 27.1 Å². The molecule has 1 fully saturated rings. The van der Waals surface area contributed by atoms with Crippen LogP contribution in [0.15, 0.2) is 12.4 Å². The Balaban J connectivity index is 1.58. The van der Waals surface area contributed by atoms with Crippen LogP contribution in [0.2, 0.25) is 0 Å². The summed E-state index contributed by atoms with van der Waals surface area (Å²) in [7, 11) is 0. The monoisotopic (exact) mass is 264 g/mol. The van der Waals surface area contributed by atoms with Crippen molar-refractivity contribution in [1.29, 1.82) is 0 Å². The lowest BCUT2D eigenvalue weighted by Crippen LogP contribution is -2.37. The number of hydrogen-bond donors (Lipinski definition) is 2. The standard InChI is InChI=1S/C14H24N4O/c1-11(10-18-6-5-16-12(18)2)7-17-14(19)9-15-8-13-3-4-13/h5-6,11,13,15H,3-4,7-10H2,1-2H3,(H,17,19). The summed E-state index contributed by atoms with van der Waals surface area (Å²) in [6, 6.07) is 0. The average Bonchev–Trinajstić information content (AvgIpc) is 3.11. The first-order valence-corrected chi connectivity index (χ1v) is 7.10. The zero-order valence-corrected chi connectivity index (χ0v) is 11.9. The molecular formula is C14H24N4O. The molecule has 0 saturated heterocycles. The molecule has 5 heteroatoms. The highest BCUT2D eigenvalue weighted by Gasteiger charge is 2.20. The van der Waals surface area contributed by atoms with Crippen molar-refractivity contribution in [3.63, 3.8) is 0 Å². The number of rotatable bonds is 8. The number of amides is 1. The summed E-state index contributed by atoms with van der Waals surface area (Å²) in [6.07, 6.45) is 6.42. The van der Waals surface area contributed by atoms with Crippen LogP contribution in [0.5, 0.6) is 0 Å². The minimum Gasteiger partial charge on any atom is -0.355 e. The van der Waals surface area contributed by atoms with Crippen LogP contribution in [-0.4, -0.2) is 35.1 Å². The molecule has 1 heterocycles. The third-order valence-electron chi connectivity index (χ3n) is 3.50. The fraction of sp³-hybridized carbons (Fsp3) is 0.714. The number of nitrogens with one attached hydrogen (secondary N) is 2. The van der Waals surface area contributed by atoms with Gasteiger partial charge < -0.3 is 15.2 Å². The lowest BCUT2D eigenvalue weighted by molar-refractivity contribution is -0.120. The smallest absolute Gasteiger partial charge is 0.233 e. The highest BCUT2D eigenvalue weighted by molar-refractivity contribution is 5.77. The van der Waals surface area contributed by atoms with Gasteiger partial charge in [-0.15, -0.1) is 0 Å². The molecule has 0 aromatic carbocycles. The van der Waals surface area contributed by atoms with Crippen LogP contribution in [0.25, 0.3) is 0 Å². The maximum atomic E-state index is 11.6. The third-order valence-corrected chi connectivity index (χ3v) is 3.50. The normalized spacial score (nSPS) is 16.3. The molecule has 1 aromatic heterocycles. The van der Waals surface area contributed by atoms with Crippen LogP contribution >= 0.6 is 0 Å². The second-order valence-corrected chi connectivity index (χ2v) is 5.61. The summed E-state index contributed by atoms with van der Waals surface area (Å²) in [5.41, 5.74) is 0. The minimum atomic E-state index is 0.0925. The van der Waals surface area contributed by atoms with Crippen LogP contribution in [-0.2, 0) is 11.3 Å². The van der Waals surface area contributed by atoms with Gasteiger partial charge in [-0.1, -0.05) is 6.92 Å². The van der Waals surface area contributed by atoms with Gasteiger partial charge in [-0.25, -0.2) is 4.98 Å². The molecule has 1 atom stereocenters. The Kier molecular flexibility index (Phi) is 4.96. The van der Waals surface area contributed by atoms with Gasteiger partial charge in [0.15, 0.2) is 0 Å². The van der Waals surface area contributed by atoms with E-state index in [-0.39, 0.29) is 5.91 Å². The topological polar surface area (TPSA) is 59.0 Å². The first kappa shape index (κ1) is 14.1. The van der Waals surface area contributed by atoms with Crippen molar-refractivity contribution in [2.75, 3.05) is 19.6 Å². The number of nitrogens with zero attached hydrogens (tertiary/aromatic N) is 2. The molecule has 1 saturated carbocycles. The molecule has 5 nitrogen and oxygen atoms in total. The number of aromatic nitrogens is 2. The minimum absolute atomic E-state index is 0.0925. The van der Waals surface area contributed by atoms with Crippen molar-refractivity contribution in [3.8, 4) is 0 Å². The lowest BCUT2D eigenvalue weighted by Gasteiger charge is -2.14.